The van der Waals surface area contributed by atoms with E-state index in [4.69, 9.17) is 0 Å². The van der Waals surface area contributed by atoms with Crippen LogP contribution >= 0.6 is 0 Å². The molecule has 2 aromatic rings. The maximum atomic E-state index is 2.40. The van der Waals surface area contributed by atoms with Gasteiger partial charge >= 0.3 is 0 Å². The van der Waals surface area contributed by atoms with E-state index in [0.717, 1.165) is 0 Å². The summed E-state index contributed by atoms with van der Waals surface area (Å²) in [7, 11) is 0. The summed E-state index contributed by atoms with van der Waals surface area (Å²) in [5.74, 6) is 3.14. The molecule has 2 rings (SSSR count). The molecule has 0 bridgehead atoms. The Morgan fingerprint density at radius 3 is 1.03 bits per heavy atom. The smallest absolute Gasteiger partial charge is 0.0216 e. The predicted octanol–water partition coefficient (Wildman–Crippen LogP) is 9.61. The SMILES string of the molecule is Cc1c(C(C)C)cc(C(C)C)cc1C(C)C.Cc1c(C(C)C)cccc1C(C)C. The number of hydrogen-bond donors (Lipinski definition) is 0. The van der Waals surface area contributed by atoms with Gasteiger partial charge in [-0.15, -0.1) is 0 Å². The van der Waals surface area contributed by atoms with Crippen LogP contribution in [-0.4, -0.2) is 0 Å². The van der Waals surface area contributed by atoms with E-state index in [2.05, 4.69) is 113 Å². The molecule has 0 unspecified atom stereocenters. The molecule has 0 atom stereocenters. The van der Waals surface area contributed by atoms with Crippen molar-refractivity contribution in [3.8, 4) is 0 Å². The van der Waals surface area contributed by atoms with Crippen LogP contribution < -0.4 is 0 Å². The fourth-order valence-electron chi connectivity index (χ4n) is 4.24. The molecule has 0 fully saturated rings. The van der Waals surface area contributed by atoms with Crippen molar-refractivity contribution in [2.75, 3.05) is 0 Å². The zero-order valence-corrected chi connectivity index (χ0v) is 21.3. The summed E-state index contributed by atoms with van der Waals surface area (Å²) in [5.41, 5.74) is 10.5. The predicted molar refractivity (Wildman–Crippen MR) is 133 cm³/mol. The molecule has 0 nitrogen and oxygen atoms in total. The van der Waals surface area contributed by atoms with Crippen LogP contribution in [0.5, 0.6) is 0 Å². The number of rotatable bonds is 5. The fraction of sp³-hybridized carbons (Fsp3) is 0.586. The van der Waals surface area contributed by atoms with Gasteiger partial charge in [0.1, 0.15) is 0 Å². The Morgan fingerprint density at radius 1 is 0.448 bits per heavy atom. The second kappa shape index (κ2) is 11.0. The molecule has 0 heterocycles. The minimum Gasteiger partial charge on any atom is -0.0617 e. The van der Waals surface area contributed by atoms with Gasteiger partial charge < -0.3 is 0 Å². The fourth-order valence-corrected chi connectivity index (χ4v) is 4.24. The van der Waals surface area contributed by atoms with Crippen LogP contribution in [0.3, 0.4) is 0 Å². The third kappa shape index (κ3) is 6.73. The Balaban J connectivity index is 0.000000296. The van der Waals surface area contributed by atoms with E-state index in [1.807, 2.05) is 0 Å². The average molecular weight is 395 g/mol. The minimum absolute atomic E-state index is 0.621. The van der Waals surface area contributed by atoms with Gasteiger partial charge in [-0.25, -0.2) is 0 Å². The van der Waals surface area contributed by atoms with E-state index < -0.39 is 0 Å². The lowest BCUT2D eigenvalue weighted by Crippen LogP contribution is -2.03. The van der Waals surface area contributed by atoms with Crippen molar-refractivity contribution in [1.82, 2.24) is 0 Å². The lowest BCUT2D eigenvalue weighted by atomic mass is 9.85. The zero-order valence-electron chi connectivity index (χ0n) is 21.3. The van der Waals surface area contributed by atoms with Crippen LogP contribution in [0.2, 0.25) is 0 Å². The van der Waals surface area contributed by atoms with Gasteiger partial charge in [-0.2, -0.15) is 0 Å². The highest BCUT2D eigenvalue weighted by molar-refractivity contribution is 5.42. The third-order valence-electron chi connectivity index (χ3n) is 6.08. The molecular weight excluding hydrogens is 348 g/mol. The molecule has 0 heteroatoms. The minimum atomic E-state index is 0.621. The maximum Gasteiger partial charge on any atom is -0.0216 e. The molecule has 2 aromatic carbocycles. The first-order chi connectivity index (χ1) is 13.4. The number of benzene rings is 2. The molecule has 0 amide bonds. The van der Waals surface area contributed by atoms with Crippen molar-refractivity contribution in [2.45, 2.75) is 113 Å². The summed E-state index contributed by atoms with van der Waals surface area (Å²) in [5, 5.41) is 0. The third-order valence-corrected chi connectivity index (χ3v) is 6.08. The van der Waals surface area contributed by atoms with Gasteiger partial charge in [0.2, 0.25) is 0 Å². The van der Waals surface area contributed by atoms with Crippen LogP contribution in [0.1, 0.15) is 138 Å². The van der Waals surface area contributed by atoms with Crippen LogP contribution in [-0.2, 0) is 0 Å². The van der Waals surface area contributed by atoms with Gasteiger partial charge in [0.25, 0.3) is 0 Å². The normalized spacial score (nSPS) is 11.6. The molecule has 0 aliphatic carbocycles. The molecule has 162 valence electrons. The highest BCUT2D eigenvalue weighted by atomic mass is 14.2. The van der Waals surface area contributed by atoms with Gasteiger partial charge in [-0.1, -0.05) is 99.6 Å². The molecule has 0 spiro atoms. The number of hydrogen-bond acceptors (Lipinski definition) is 0. The van der Waals surface area contributed by atoms with Crippen molar-refractivity contribution in [3.63, 3.8) is 0 Å². The molecule has 0 aromatic heterocycles. The molecular formula is C29H46. The first kappa shape index (κ1) is 25.5. The molecule has 0 saturated heterocycles. The van der Waals surface area contributed by atoms with E-state index in [1.165, 1.54) is 38.9 Å². The Hall–Kier alpha value is -1.56. The van der Waals surface area contributed by atoms with E-state index in [0.29, 0.717) is 29.6 Å². The van der Waals surface area contributed by atoms with Crippen molar-refractivity contribution in [1.29, 1.82) is 0 Å². The van der Waals surface area contributed by atoms with Crippen molar-refractivity contribution in [3.05, 3.63) is 69.3 Å². The monoisotopic (exact) mass is 394 g/mol. The van der Waals surface area contributed by atoms with Gasteiger partial charge in [0, 0.05) is 0 Å². The standard InChI is InChI=1S/C16H26.C13H20/c1-10(2)14-8-15(11(3)4)13(7)16(9-14)12(5)6;1-9(2)12-7-6-8-13(10(3)4)11(12)5/h8-12H,1-7H3;6-10H,1-5H3. The second-order valence-electron chi connectivity index (χ2n) is 10.2. The summed E-state index contributed by atoms with van der Waals surface area (Å²) < 4.78 is 0. The molecule has 0 radical (unpaired) electrons. The second-order valence-corrected chi connectivity index (χ2v) is 10.2. The average Bonchev–Trinajstić information content (AvgIpc) is 2.61. The molecule has 0 saturated carbocycles. The Kier molecular flexibility index (Phi) is 9.66. The lowest BCUT2D eigenvalue weighted by Gasteiger charge is -2.20. The largest absolute Gasteiger partial charge is 0.0617 e. The first-order valence-corrected chi connectivity index (χ1v) is 11.6. The Bertz CT molecular complexity index is 717. The van der Waals surface area contributed by atoms with Gasteiger partial charge in [-0.05, 0) is 82.4 Å². The van der Waals surface area contributed by atoms with E-state index in [-0.39, 0.29) is 0 Å². The van der Waals surface area contributed by atoms with Gasteiger partial charge in [-0.3, -0.25) is 0 Å². The van der Waals surface area contributed by atoms with Crippen LogP contribution in [0.4, 0.5) is 0 Å². The van der Waals surface area contributed by atoms with E-state index >= 15 is 0 Å². The van der Waals surface area contributed by atoms with Crippen LogP contribution in [0.25, 0.3) is 0 Å². The lowest BCUT2D eigenvalue weighted by molar-refractivity contribution is 0.792. The first-order valence-electron chi connectivity index (χ1n) is 11.6. The maximum absolute atomic E-state index is 2.40. The van der Waals surface area contributed by atoms with Gasteiger partial charge in [0.05, 0.1) is 0 Å². The summed E-state index contributed by atoms with van der Waals surface area (Å²) in [6.45, 7) is 27.2. The summed E-state index contributed by atoms with van der Waals surface area (Å²) in [6, 6.07) is 11.5. The Morgan fingerprint density at radius 2 is 0.759 bits per heavy atom. The molecule has 0 N–H and O–H groups in total. The summed E-state index contributed by atoms with van der Waals surface area (Å²) in [6.07, 6.45) is 0. The summed E-state index contributed by atoms with van der Waals surface area (Å²) >= 11 is 0. The van der Waals surface area contributed by atoms with E-state index in [9.17, 15) is 0 Å². The highest BCUT2D eigenvalue weighted by Crippen LogP contribution is 2.31. The van der Waals surface area contributed by atoms with Gasteiger partial charge in [0.15, 0.2) is 0 Å². The topological polar surface area (TPSA) is 0 Å². The summed E-state index contributed by atoms with van der Waals surface area (Å²) in [4.78, 5) is 0. The molecule has 0 aliphatic heterocycles. The highest BCUT2D eigenvalue weighted by Gasteiger charge is 2.13. The zero-order chi connectivity index (χ0) is 22.5. The van der Waals surface area contributed by atoms with Crippen LogP contribution in [0.15, 0.2) is 30.3 Å². The van der Waals surface area contributed by atoms with Crippen molar-refractivity contribution >= 4 is 0 Å². The van der Waals surface area contributed by atoms with Crippen LogP contribution in [0, 0.1) is 13.8 Å². The quantitative estimate of drug-likeness (QED) is 0.473. The van der Waals surface area contributed by atoms with Crippen molar-refractivity contribution in [2.24, 2.45) is 0 Å². The van der Waals surface area contributed by atoms with Crippen molar-refractivity contribution < 1.29 is 0 Å². The van der Waals surface area contributed by atoms with E-state index in [1.54, 1.807) is 0 Å². The Labute approximate surface area is 182 Å². The molecule has 0 aliphatic rings. The molecule has 29 heavy (non-hydrogen) atoms.